The summed E-state index contributed by atoms with van der Waals surface area (Å²) in [5.41, 5.74) is 0.708. The summed E-state index contributed by atoms with van der Waals surface area (Å²) in [6, 6.07) is 6.70. The predicted molar refractivity (Wildman–Crippen MR) is 109 cm³/mol. The van der Waals surface area contributed by atoms with E-state index in [1.165, 1.54) is 63.1 Å². The van der Waals surface area contributed by atoms with Gasteiger partial charge in [0.2, 0.25) is 11.6 Å². The maximum Gasteiger partial charge on any atom is 0.229 e. The molecule has 142 valence electrons. The lowest BCUT2D eigenvalue weighted by Crippen LogP contribution is -2.20. The van der Waals surface area contributed by atoms with Gasteiger partial charge in [-0.25, -0.2) is 0 Å². The van der Waals surface area contributed by atoms with Gasteiger partial charge in [-0.1, -0.05) is 89.0 Å². The second-order valence-corrected chi connectivity index (χ2v) is 8.02. The molecule has 3 nitrogen and oxygen atoms in total. The highest BCUT2D eigenvalue weighted by atomic mass is 32.2. The monoisotopic (exact) mass is 374 g/mol. The van der Waals surface area contributed by atoms with Gasteiger partial charge < -0.3 is 5.11 Å². The molecule has 0 aliphatic heterocycles. The number of carbonyl (C=O) groups is 2. The molecule has 2 rings (SSSR count). The predicted octanol–water partition coefficient (Wildman–Crippen LogP) is 6.49. The van der Waals surface area contributed by atoms with Crippen molar-refractivity contribution in [3.05, 3.63) is 46.1 Å². The molecular formula is C22H30O3S. The Labute approximate surface area is 161 Å². The van der Waals surface area contributed by atoms with Crippen molar-refractivity contribution >= 4 is 23.3 Å². The van der Waals surface area contributed by atoms with E-state index in [1.54, 1.807) is 24.3 Å². The SMILES string of the molecule is CCCCCCCCCCCCSC1=C(O)C(=O)c2ccccc2C1=O. The van der Waals surface area contributed by atoms with Crippen LogP contribution in [0.25, 0.3) is 0 Å². The molecule has 1 aliphatic rings. The summed E-state index contributed by atoms with van der Waals surface area (Å²) in [5, 5.41) is 10.1. The van der Waals surface area contributed by atoms with Gasteiger partial charge >= 0.3 is 0 Å². The standard InChI is InChI=1S/C22H30O3S/c1-2-3-4-5-6-7-8-9-10-13-16-26-22-20(24)18-15-12-11-14-17(18)19(23)21(22)25/h11-12,14-15,25H,2-10,13,16H2,1H3. The number of carbonyl (C=O) groups excluding carboxylic acids is 2. The Morgan fingerprint density at radius 2 is 1.27 bits per heavy atom. The van der Waals surface area contributed by atoms with E-state index in [-0.39, 0.29) is 16.4 Å². The Hall–Kier alpha value is -1.55. The zero-order valence-electron chi connectivity index (χ0n) is 15.8. The Balaban J connectivity index is 1.66. The van der Waals surface area contributed by atoms with Gasteiger partial charge in [0.25, 0.3) is 0 Å². The first-order chi connectivity index (χ1) is 12.7. The fraction of sp³-hybridized carbons (Fsp3) is 0.545. The van der Waals surface area contributed by atoms with Gasteiger partial charge in [0.1, 0.15) is 4.91 Å². The van der Waals surface area contributed by atoms with Crippen LogP contribution in [0, 0.1) is 0 Å². The number of fused-ring (bicyclic) bond motifs is 1. The minimum Gasteiger partial charge on any atom is -0.503 e. The molecule has 0 amide bonds. The molecule has 0 unspecified atom stereocenters. The van der Waals surface area contributed by atoms with Crippen molar-refractivity contribution in [2.75, 3.05) is 5.75 Å². The molecule has 0 aromatic heterocycles. The minimum absolute atomic E-state index is 0.213. The van der Waals surface area contributed by atoms with E-state index in [0.29, 0.717) is 11.1 Å². The first kappa shape index (κ1) is 20.8. The van der Waals surface area contributed by atoms with Crippen LogP contribution in [0.4, 0.5) is 0 Å². The largest absolute Gasteiger partial charge is 0.503 e. The van der Waals surface area contributed by atoms with Crippen LogP contribution in [0.1, 0.15) is 91.8 Å². The second kappa shape index (κ2) is 11.2. The maximum atomic E-state index is 12.5. The number of allylic oxidation sites excluding steroid dienone is 2. The summed E-state index contributed by atoms with van der Waals surface area (Å²) >= 11 is 1.32. The van der Waals surface area contributed by atoms with Gasteiger partial charge in [-0.15, -0.1) is 11.8 Å². The summed E-state index contributed by atoms with van der Waals surface area (Å²) in [5.74, 6) is -0.289. The van der Waals surface area contributed by atoms with Crippen LogP contribution >= 0.6 is 11.8 Å². The van der Waals surface area contributed by atoms with E-state index in [0.717, 1.165) is 18.6 Å². The van der Waals surface area contributed by atoms with Crippen LogP contribution in [-0.2, 0) is 0 Å². The third-order valence-corrected chi connectivity index (χ3v) is 5.96. The highest BCUT2D eigenvalue weighted by Gasteiger charge is 2.31. The molecule has 1 aliphatic carbocycles. The number of benzene rings is 1. The molecule has 0 atom stereocenters. The van der Waals surface area contributed by atoms with Crippen molar-refractivity contribution in [2.24, 2.45) is 0 Å². The Morgan fingerprint density at radius 1 is 0.769 bits per heavy atom. The van der Waals surface area contributed by atoms with E-state index in [1.807, 2.05) is 0 Å². The highest BCUT2D eigenvalue weighted by Crippen LogP contribution is 2.32. The molecule has 1 aromatic carbocycles. The Morgan fingerprint density at radius 3 is 1.85 bits per heavy atom. The lowest BCUT2D eigenvalue weighted by molar-refractivity contribution is 0.0936. The number of thioether (sulfide) groups is 1. The fourth-order valence-electron chi connectivity index (χ4n) is 3.24. The maximum absolute atomic E-state index is 12.5. The number of ketones is 2. The lowest BCUT2D eigenvalue weighted by Gasteiger charge is -2.16. The average molecular weight is 375 g/mol. The van der Waals surface area contributed by atoms with E-state index < -0.39 is 5.78 Å². The molecule has 0 heterocycles. The number of hydrogen-bond acceptors (Lipinski definition) is 4. The number of aliphatic hydroxyl groups excluding tert-OH is 1. The molecule has 4 heteroatoms. The second-order valence-electron chi connectivity index (χ2n) is 6.91. The third-order valence-electron chi connectivity index (χ3n) is 4.80. The normalized spacial score (nSPS) is 14.0. The van der Waals surface area contributed by atoms with Gasteiger partial charge in [0.05, 0.1) is 0 Å². The van der Waals surface area contributed by atoms with Crippen LogP contribution < -0.4 is 0 Å². The molecule has 0 spiro atoms. The first-order valence-corrected chi connectivity index (χ1v) is 10.9. The van der Waals surface area contributed by atoms with Crippen LogP contribution in [0.3, 0.4) is 0 Å². The molecule has 0 fully saturated rings. The molecule has 0 bridgehead atoms. The fourth-order valence-corrected chi connectivity index (χ4v) is 4.26. The van der Waals surface area contributed by atoms with Crippen LogP contribution in [0.5, 0.6) is 0 Å². The smallest absolute Gasteiger partial charge is 0.229 e. The number of unbranched alkanes of at least 4 members (excludes halogenated alkanes) is 9. The molecule has 1 aromatic rings. The van der Waals surface area contributed by atoms with Gasteiger partial charge in [-0.3, -0.25) is 9.59 Å². The lowest BCUT2D eigenvalue weighted by atomic mass is 9.93. The Kier molecular flexibility index (Phi) is 8.96. The average Bonchev–Trinajstić information content (AvgIpc) is 2.66. The molecule has 0 saturated carbocycles. The topological polar surface area (TPSA) is 54.4 Å². The summed E-state index contributed by atoms with van der Waals surface area (Å²) in [6.45, 7) is 2.24. The van der Waals surface area contributed by atoms with Crippen molar-refractivity contribution in [1.29, 1.82) is 0 Å². The summed E-state index contributed by atoms with van der Waals surface area (Å²) in [4.78, 5) is 24.9. The highest BCUT2D eigenvalue weighted by molar-refractivity contribution is 8.04. The summed E-state index contributed by atoms with van der Waals surface area (Å²) in [6.07, 6.45) is 12.6. The van der Waals surface area contributed by atoms with Gasteiger partial charge in [0, 0.05) is 11.1 Å². The molecule has 0 radical (unpaired) electrons. The minimum atomic E-state index is -0.439. The van der Waals surface area contributed by atoms with E-state index in [2.05, 4.69) is 6.92 Å². The van der Waals surface area contributed by atoms with E-state index in [9.17, 15) is 14.7 Å². The van der Waals surface area contributed by atoms with Crippen molar-refractivity contribution in [2.45, 2.75) is 71.1 Å². The zero-order valence-corrected chi connectivity index (χ0v) is 16.6. The number of hydrogen-bond donors (Lipinski definition) is 1. The van der Waals surface area contributed by atoms with Crippen LogP contribution in [0.2, 0.25) is 0 Å². The van der Waals surface area contributed by atoms with Crippen molar-refractivity contribution < 1.29 is 14.7 Å². The molecular weight excluding hydrogens is 344 g/mol. The molecule has 0 saturated heterocycles. The quantitative estimate of drug-likeness (QED) is 0.425. The molecule has 1 N–H and O–H groups in total. The van der Waals surface area contributed by atoms with Gasteiger partial charge in [-0.05, 0) is 12.2 Å². The van der Waals surface area contributed by atoms with Crippen molar-refractivity contribution in [1.82, 2.24) is 0 Å². The number of rotatable bonds is 12. The zero-order chi connectivity index (χ0) is 18.8. The van der Waals surface area contributed by atoms with E-state index in [4.69, 9.17) is 0 Å². The third kappa shape index (κ3) is 5.73. The van der Waals surface area contributed by atoms with Gasteiger partial charge in [-0.2, -0.15) is 0 Å². The van der Waals surface area contributed by atoms with E-state index >= 15 is 0 Å². The van der Waals surface area contributed by atoms with Crippen LogP contribution in [0.15, 0.2) is 34.9 Å². The number of aliphatic hydroxyl groups is 1. The van der Waals surface area contributed by atoms with Gasteiger partial charge in [0.15, 0.2) is 5.76 Å². The summed E-state index contributed by atoms with van der Waals surface area (Å²) in [7, 11) is 0. The molecule has 26 heavy (non-hydrogen) atoms. The summed E-state index contributed by atoms with van der Waals surface area (Å²) < 4.78 is 0. The Bertz CT molecular complexity index is 649. The van der Waals surface area contributed by atoms with Crippen molar-refractivity contribution in [3.8, 4) is 0 Å². The number of Topliss-reactive ketones (excluding diaryl/α,β-unsaturated/α-hetero) is 2. The first-order valence-electron chi connectivity index (χ1n) is 9.91. The van der Waals surface area contributed by atoms with Crippen molar-refractivity contribution in [3.63, 3.8) is 0 Å². The van der Waals surface area contributed by atoms with Crippen LogP contribution in [-0.4, -0.2) is 22.4 Å².